The van der Waals surface area contributed by atoms with Gasteiger partial charge in [0.2, 0.25) is 0 Å². The molecule has 0 aliphatic carbocycles. The van der Waals surface area contributed by atoms with E-state index in [0.29, 0.717) is 40.7 Å². The zero-order chi connectivity index (χ0) is 20.7. The van der Waals surface area contributed by atoms with Crippen molar-refractivity contribution in [3.63, 3.8) is 0 Å². The first-order chi connectivity index (χ1) is 13.8. The first kappa shape index (κ1) is 19.5. The van der Waals surface area contributed by atoms with Gasteiger partial charge in [-0.05, 0) is 36.2 Å². The average Bonchev–Trinajstić information content (AvgIpc) is 3.31. The maximum Gasteiger partial charge on any atom is 0.319 e. The van der Waals surface area contributed by atoms with Crippen LogP contribution in [0.1, 0.15) is 26.4 Å². The van der Waals surface area contributed by atoms with Crippen molar-refractivity contribution in [1.29, 1.82) is 0 Å². The van der Waals surface area contributed by atoms with Gasteiger partial charge in [0, 0.05) is 36.7 Å². The molecule has 3 heterocycles. The molecule has 2 N–H and O–H groups in total. The Morgan fingerprint density at radius 3 is 2.66 bits per heavy atom. The molecule has 1 aliphatic heterocycles. The van der Waals surface area contributed by atoms with E-state index >= 15 is 0 Å². The second-order valence-electron chi connectivity index (χ2n) is 7.07. The highest BCUT2D eigenvalue weighted by atomic mass is 35.5. The SMILES string of the molecule is CN(C)C(=O)N1CCc2c(sc(N)c2C(=O)c2cnn(-c3ccc(Cl)cc3)c2)C1. The number of ketones is 1. The van der Waals surface area contributed by atoms with Gasteiger partial charge in [-0.1, -0.05) is 11.6 Å². The minimum atomic E-state index is -0.146. The third-order valence-corrected chi connectivity index (χ3v) is 6.20. The molecule has 4 rings (SSSR count). The third-order valence-electron chi connectivity index (χ3n) is 4.90. The lowest BCUT2D eigenvalue weighted by Crippen LogP contribution is -2.41. The maximum absolute atomic E-state index is 13.2. The Morgan fingerprint density at radius 2 is 1.97 bits per heavy atom. The highest BCUT2D eigenvalue weighted by molar-refractivity contribution is 7.16. The van der Waals surface area contributed by atoms with E-state index in [4.69, 9.17) is 17.3 Å². The number of rotatable bonds is 3. The molecule has 0 saturated carbocycles. The minimum absolute atomic E-state index is 0.0419. The average molecular weight is 430 g/mol. The summed E-state index contributed by atoms with van der Waals surface area (Å²) in [7, 11) is 3.46. The Morgan fingerprint density at radius 1 is 1.24 bits per heavy atom. The fourth-order valence-electron chi connectivity index (χ4n) is 3.44. The summed E-state index contributed by atoms with van der Waals surface area (Å²) < 4.78 is 1.63. The monoisotopic (exact) mass is 429 g/mol. The highest BCUT2D eigenvalue weighted by Gasteiger charge is 2.30. The smallest absolute Gasteiger partial charge is 0.319 e. The number of amides is 2. The van der Waals surface area contributed by atoms with Gasteiger partial charge >= 0.3 is 6.03 Å². The molecule has 29 heavy (non-hydrogen) atoms. The van der Waals surface area contributed by atoms with E-state index in [-0.39, 0.29) is 11.8 Å². The number of halogens is 1. The molecule has 150 valence electrons. The van der Waals surface area contributed by atoms with Crippen molar-refractivity contribution in [3.8, 4) is 5.69 Å². The van der Waals surface area contributed by atoms with Gasteiger partial charge in [-0.2, -0.15) is 5.10 Å². The van der Waals surface area contributed by atoms with E-state index in [1.54, 1.807) is 53.1 Å². The van der Waals surface area contributed by atoms with E-state index in [2.05, 4.69) is 5.10 Å². The van der Waals surface area contributed by atoms with Crippen LogP contribution in [0, 0.1) is 0 Å². The Balaban J connectivity index is 1.61. The van der Waals surface area contributed by atoms with Crippen LogP contribution in [0.3, 0.4) is 0 Å². The molecular formula is C20H20ClN5O2S. The summed E-state index contributed by atoms with van der Waals surface area (Å²) in [5.74, 6) is -0.146. The second kappa shape index (κ2) is 7.53. The molecule has 0 bridgehead atoms. The van der Waals surface area contributed by atoms with Crippen molar-refractivity contribution in [2.45, 2.75) is 13.0 Å². The molecule has 0 atom stereocenters. The summed E-state index contributed by atoms with van der Waals surface area (Å²) in [6, 6.07) is 7.17. The lowest BCUT2D eigenvalue weighted by atomic mass is 9.98. The summed E-state index contributed by atoms with van der Waals surface area (Å²) in [5, 5.41) is 5.42. The van der Waals surface area contributed by atoms with E-state index in [0.717, 1.165) is 16.1 Å². The van der Waals surface area contributed by atoms with Crippen LogP contribution in [-0.4, -0.2) is 52.0 Å². The fourth-order valence-corrected chi connectivity index (χ4v) is 4.70. The summed E-state index contributed by atoms with van der Waals surface area (Å²) in [4.78, 5) is 29.7. The maximum atomic E-state index is 13.2. The minimum Gasteiger partial charge on any atom is -0.390 e. The number of carbonyl (C=O) groups is 2. The van der Waals surface area contributed by atoms with Crippen molar-refractivity contribution in [3.05, 3.63) is 63.2 Å². The van der Waals surface area contributed by atoms with E-state index in [9.17, 15) is 9.59 Å². The van der Waals surface area contributed by atoms with Crippen LogP contribution >= 0.6 is 22.9 Å². The molecule has 0 fully saturated rings. The molecule has 9 heteroatoms. The van der Waals surface area contributed by atoms with Gasteiger partial charge in [0.15, 0.2) is 5.78 Å². The molecule has 2 aromatic heterocycles. The predicted molar refractivity (Wildman–Crippen MR) is 114 cm³/mol. The van der Waals surface area contributed by atoms with Crippen LogP contribution in [0.2, 0.25) is 5.02 Å². The highest BCUT2D eigenvalue weighted by Crippen LogP contribution is 2.36. The summed E-state index contributed by atoms with van der Waals surface area (Å²) in [6.45, 7) is 1.03. The van der Waals surface area contributed by atoms with E-state index in [1.807, 2.05) is 12.1 Å². The molecule has 1 aromatic carbocycles. The van der Waals surface area contributed by atoms with Crippen LogP contribution < -0.4 is 5.73 Å². The summed E-state index contributed by atoms with van der Waals surface area (Å²) >= 11 is 7.31. The number of anilines is 1. The van der Waals surface area contributed by atoms with E-state index in [1.165, 1.54) is 11.3 Å². The number of benzene rings is 1. The molecule has 2 amide bonds. The molecule has 0 spiro atoms. The number of nitrogens with zero attached hydrogens (tertiary/aromatic N) is 4. The van der Waals surface area contributed by atoms with Gasteiger partial charge in [-0.3, -0.25) is 4.79 Å². The molecule has 7 nitrogen and oxygen atoms in total. The number of carbonyl (C=O) groups excluding carboxylic acids is 2. The number of nitrogen functional groups attached to an aromatic ring is 1. The van der Waals surface area contributed by atoms with Gasteiger partial charge < -0.3 is 15.5 Å². The van der Waals surface area contributed by atoms with Crippen molar-refractivity contribution < 1.29 is 9.59 Å². The van der Waals surface area contributed by atoms with Crippen molar-refractivity contribution in [1.82, 2.24) is 19.6 Å². The zero-order valence-corrected chi connectivity index (χ0v) is 17.6. The van der Waals surface area contributed by atoms with Crippen LogP contribution in [0.4, 0.5) is 9.80 Å². The number of fused-ring (bicyclic) bond motifs is 1. The topological polar surface area (TPSA) is 84.5 Å². The van der Waals surface area contributed by atoms with Gasteiger partial charge in [0.1, 0.15) is 0 Å². The predicted octanol–water partition coefficient (Wildman–Crippen LogP) is 3.44. The number of aromatic nitrogens is 2. The quantitative estimate of drug-likeness (QED) is 0.646. The molecule has 0 saturated heterocycles. The van der Waals surface area contributed by atoms with Crippen LogP contribution in [-0.2, 0) is 13.0 Å². The number of hydrogen-bond donors (Lipinski definition) is 1. The van der Waals surface area contributed by atoms with Crippen LogP contribution in [0.5, 0.6) is 0 Å². The molecule has 3 aromatic rings. The third kappa shape index (κ3) is 3.61. The van der Waals surface area contributed by atoms with Crippen molar-refractivity contribution >= 4 is 39.8 Å². The lowest BCUT2D eigenvalue weighted by molar-refractivity contribution is 0.103. The standard InChI is InChI=1S/C20H20ClN5O2S/c1-24(2)20(28)25-8-7-15-16(11-25)29-19(22)17(15)18(27)12-9-23-26(10-12)14-5-3-13(21)4-6-14/h3-6,9-10H,7-8,11,22H2,1-2H3. The first-order valence-electron chi connectivity index (χ1n) is 9.06. The molecule has 0 unspecified atom stereocenters. The normalized spacial score (nSPS) is 13.3. The lowest BCUT2D eigenvalue weighted by Gasteiger charge is -2.29. The molecule has 1 aliphatic rings. The Kier molecular flexibility index (Phi) is 5.06. The Labute approximate surface area is 177 Å². The van der Waals surface area contributed by atoms with Gasteiger partial charge in [0.05, 0.1) is 34.6 Å². The number of hydrogen-bond acceptors (Lipinski definition) is 5. The van der Waals surface area contributed by atoms with E-state index < -0.39 is 0 Å². The summed E-state index contributed by atoms with van der Waals surface area (Å²) in [5.41, 5.74) is 8.98. The van der Waals surface area contributed by atoms with Crippen molar-refractivity contribution in [2.75, 3.05) is 26.4 Å². The first-order valence-corrected chi connectivity index (χ1v) is 10.3. The van der Waals surface area contributed by atoms with Crippen molar-refractivity contribution in [2.24, 2.45) is 0 Å². The van der Waals surface area contributed by atoms with Gasteiger partial charge in [-0.25, -0.2) is 9.48 Å². The second-order valence-corrected chi connectivity index (χ2v) is 8.64. The number of nitrogens with two attached hydrogens (primary N) is 1. The fraction of sp³-hybridized carbons (Fsp3) is 0.250. The van der Waals surface area contributed by atoms with Gasteiger partial charge in [0.25, 0.3) is 0 Å². The van der Waals surface area contributed by atoms with Crippen LogP contribution in [0.25, 0.3) is 5.69 Å². The Bertz CT molecular complexity index is 1090. The molecule has 0 radical (unpaired) electrons. The van der Waals surface area contributed by atoms with Crippen LogP contribution in [0.15, 0.2) is 36.7 Å². The largest absolute Gasteiger partial charge is 0.390 e. The molecular weight excluding hydrogens is 410 g/mol. The summed E-state index contributed by atoms with van der Waals surface area (Å²) in [6.07, 6.45) is 3.85. The zero-order valence-electron chi connectivity index (χ0n) is 16.1. The number of thiophene rings is 1. The van der Waals surface area contributed by atoms with Gasteiger partial charge in [-0.15, -0.1) is 11.3 Å². The number of urea groups is 1. The Hall–Kier alpha value is -2.84.